The summed E-state index contributed by atoms with van der Waals surface area (Å²) in [6.45, 7) is 2.03. The zero-order valence-electron chi connectivity index (χ0n) is 14.0. The van der Waals surface area contributed by atoms with Crippen LogP contribution >= 0.6 is 0 Å². The van der Waals surface area contributed by atoms with Gasteiger partial charge in [-0.3, -0.25) is 4.79 Å². The van der Waals surface area contributed by atoms with E-state index >= 15 is 0 Å². The number of hydrogen-bond donors (Lipinski definition) is 1. The average molecular weight is 342 g/mol. The molecule has 1 aromatic rings. The molecule has 2 atom stereocenters. The first kappa shape index (κ1) is 18.6. The summed E-state index contributed by atoms with van der Waals surface area (Å²) >= 11 is 0. The monoisotopic (exact) mass is 342 g/mol. The van der Waals surface area contributed by atoms with Crippen molar-refractivity contribution >= 4 is 5.91 Å². The number of morpholine rings is 1. The van der Waals surface area contributed by atoms with Gasteiger partial charge in [-0.1, -0.05) is 25.5 Å². The molecule has 5 nitrogen and oxygen atoms in total. The molecule has 24 heavy (non-hydrogen) atoms. The van der Waals surface area contributed by atoms with E-state index in [0.29, 0.717) is 31.7 Å². The third-order valence-electron chi connectivity index (χ3n) is 4.07. The Bertz CT molecular complexity index is 567. The second-order valence-corrected chi connectivity index (χ2v) is 6.23. The lowest BCUT2D eigenvalue weighted by Gasteiger charge is -2.37. The Morgan fingerprint density at radius 2 is 2.29 bits per heavy atom. The zero-order valence-corrected chi connectivity index (χ0v) is 14.0. The van der Waals surface area contributed by atoms with Crippen molar-refractivity contribution in [2.45, 2.75) is 44.9 Å². The third kappa shape index (κ3) is 4.64. The first-order valence-electron chi connectivity index (χ1n) is 8.08. The molecule has 1 aromatic carbocycles. The molecular weight excluding hydrogens is 318 g/mol. The van der Waals surface area contributed by atoms with Crippen LogP contribution in [-0.4, -0.2) is 42.7 Å². The van der Waals surface area contributed by atoms with Crippen molar-refractivity contribution in [2.75, 3.05) is 19.7 Å². The van der Waals surface area contributed by atoms with Crippen molar-refractivity contribution in [1.29, 1.82) is 0 Å². The third-order valence-corrected chi connectivity index (χ3v) is 4.07. The molecule has 0 bridgehead atoms. The summed E-state index contributed by atoms with van der Waals surface area (Å²) in [6.07, 6.45) is 1.03. The SMILES string of the molecule is CCCC(C)(N)C(=O)N1CCOC(c2cccc(OC(F)F)c2)C1. The van der Waals surface area contributed by atoms with E-state index in [9.17, 15) is 13.6 Å². The predicted octanol–water partition coefficient (Wildman–Crippen LogP) is 2.71. The Kier molecular flexibility index (Phi) is 6.12. The van der Waals surface area contributed by atoms with Gasteiger partial charge in [-0.25, -0.2) is 0 Å². The van der Waals surface area contributed by atoms with E-state index in [1.54, 1.807) is 24.0 Å². The summed E-state index contributed by atoms with van der Waals surface area (Å²) in [5, 5.41) is 0. The maximum Gasteiger partial charge on any atom is 0.387 e. The van der Waals surface area contributed by atoms with Gasteiger partial charge in [0.25, 0.3) is 0 Å². The first-order valence-corrected chi connectivity index (χ1v) is 8.08. The Labute approximate surface area is 140 Å². The fourth-order valence-corrected chi connectivity index (χ4v) is 2.91. The van der Waals surface area contributed by atoms with Gasteiger partial charge < -0.3 is 20.1 Å². The molecule has 7 heteroatoms. The molecular formula is C17H24F2N2O3. The molecule has 0 aliphatic carbocycles. The minimum Gasteiger partial charge on any atom is -0.435 e. The van der Waals surface area contributed by atoms with Crippen molar-refractivity contribution in [3.8, 4) is 5.75 Å². The van der Waals surface area contributed by atoms with Crippen molar-refractivity contribution < 1.29 is 23.0 Å². The van der Waals surface area contributed by atoms with Crippen LogP contribution in [0.25, 0.3) is 0 Å². The summed E-state index contributed by atoms with van der Waals surface area (Å²) < 4.78 is 34.8. The fraction of sp³-hybridized carbons (Fsp3) is 0.588. The molecule has 1 fully saturated rings. The quantitative estimate of drug-likeness (QED) is 0.863. The van der Waals surface area contributed by atoms with Gasteiger partial charge in [0.1, 0.15) is 11.9 Å². The number of hydrogen-bond acceptors (Lipinski definition) is 4. The number of rotatable bonds is 6. The van der Waals surface area contributed by atoms with Gasteiger partial charge in [0.05, 0.1) is 18.7 Å². The highest BCUT2D eigenvalue weighted by Crippen LogP contribution is 2.27. The van der Waals surface area contributed by atoms with Crippen LogP contribution < -0.4 is 10.5 Å². The second kappa shape index (κ2) is 7.90. The van der Waals surface area contributed by atoms with E-state index in [-0.39, 0.29) is 17.8 Å². The minimum atomic E-state index is -2.88. The molecule has 1 aliphatic heterocycles. The van der Waals surface area contributed by atoms with E-state index in [1.165, 1.54) is 12.1 Å². The van der Waals surface area contributed by atoms with Gasteiger partial charge in [0.2, 0.25) is 5.91 Å². The number of nitrogens with two attached hydrogens (primary N) is 1. The summed E-state index contributed by atoms with van der Waals surface area (Å²) in [7, 11) is 0. The normalized spacial score (nSPS) is 20.8. The molecule has 0 saturated carbocycles. The minimum absolute atomic E-state index is 0.0733. The summed E-state index contributed by atoms with van der Waals surface area (Å²) in [6, 6.07) is 6.37. The summed E-state index contributed by atoms with van der Waals surface area (Å²) in [5.74, 6) is -0.0400. The predicted molar refractivity (Wildman–Crippen MR) is 85.8 cm³/mol. The Morgan fingerprint density at radius 1 is 1.54 bits per heavy atom. The summed E-state index contributed by atoms with van der Waals surface area (Å²) in [4.78, 5) is 14.3. The van der Waals surface area contributed by atoms with Crippen LogP contribution in [0.15, 0.2) is 24.3 Å². The van der Waals surface area contributed by atoms with Crippen LogP contribution in [0.5, 0.6) is 5.75 Å². The highest BCUT2D eigenvalue weighted by molar-refractivity contribution is 5.85. The van der Waals surface area contributed by atoms with Crippen LogP contribution in [0.3, 0.4) is 0 Å². The first-order chi connectivity index (χ1) is 11.3. The lowest BCUT2D eigenvalue weighted by molar-refractivity contribution is -0.144. The molecule has 0 radical (unpaired) electrons. The number of nitrogens with zero attached hydrogens (tertiary/aromatic N) is 1. The molecule has 1 saturated heterocycles. The standard InChI is InChI=1S/C17H24F2N2O3/c1-3-7-17(2,20)15(22)21-8-9-23-14(11-21)12-5-4-6-13(10-12)24-16(18)19/h4-6,10,14,16H,3,7-9,11,20H2,1-2H3. The molecule has 1 aliphatic rings. The van der Waals surface area contributed by atoms with Gasteiger partial charge in [0.15, 0.2) is 0 Å². The van der Waals surface area contributed by atoms with Crippen LogP contribution in [0, 0.1) is 0 Å². The van der Waals surface area contributed by atoms with Gasteiger partial charge in [-0.15, -0.1) is 0 Å². The number of benzene rings is 1. The Hall–Kier alpha value is -1.73. The number of carbonyl (C=O) groups is 1. The van der Waals surface area contributed by atoms with E-state index < -0.39 is 12.2 Å². The number of alkyl halides is 2. The van der Waals surface area contributed by atoms with Crippen molar-refractivity contribution in [2.24, 2.45) is 5.73 Å². The maximum atomic E-state index is 12.6. The van der Waals surface area contributed by atoms with Crippen molar-refractivity contribution in [1.82, 2.24) is 4.90 Å². The fourth-order valence-electron chi connectivity index (χ4n) is 2.91. The van der Waals surface area contributed by atoms with Crippen LogP contribution in [0.4, 0.5) is 8.78 Å². The highest BCUT2D eigenvalue weighted by atomic mass is 19.3. The number of ether oxygens (including phenoxy) is 2. The topological polar surface area (TPSA) is 64.8 Å². The number of amides is 1. The van der Waals surface area contributed by atoms with E-state index in [0.717, 1.165) is 6.42 Å². The zero-order chi connectivity index (χ0) is 17.7. The Balaban J connectivity index is 2.09. The van der Waals surface area contributed by atoms with Gasteiger partial charge >= 0.3 is 6.61 Å². The number of halogens is 2. The molecule has 134 valence electrons. The van der Waals surface area contributed by atoms with E-state index in [2.05, 4.69) is 4.74 Å². The molecule has 1 amide bonds. The lowest BCUT2D eigenvalue weighted by atomic mass is 9.95. The second-order valence-electron chi connectivity index (χ2n) is 6.23. The van der Waals surface area contributed by atoms with Gasteiger partial charge in [-0.2, -0.15) is 8.78 Å². The maximum absolute atomic E-state index is 12.6. The van der Waals surface area contributed by atoms with Crippen LogP contribution in [-0.2, 0) is 9.53 Å². The average Bonchev–Trinajstić information content (AvgIpc) is 2.54. The molecule has 2 rings (SSSR count). The van der Waals surface area contributed by atoms with Crippen molar-refractivity contribution in [3.63, 3.8) is 0 Å². The molecule has 1 heterocycles. The molecule has 2 N–H and O–H groups in total. The molecule has 0 spiro atoms. The number of carbonyl (C=O) groups excluding carboxylic acids is 1. The smallest absolute Gasteiger partial charge is 0.387 e. The van der Waals surface area contributed by atoms with Gasteiger partial charge in [-0.05, 0) is 31.0 Å². The van der Waals surface area contributed by atoms with E-state index in [1.807, 2.05) is 6.92 Å². The van der Waals surface area contributed by atoms with Crippen LogP contribution in [0.1, 0.15) is 38.4 Å². The highest BCUT2D eigenvalue weighted by Gasteiger charge is 2.35. The molecule has 2 unspecified atom stereocenters. The van der Waals surface area contributed by atoms with Gasteiger partial charge in [0, 0.05) is 6.54 Å². The Morgan fingerprint density at radius 3 is 2.96 bits per heavy atom. The summed E-state index contributed by atoms with van der Waals surface area (Å²) in [5.41, 5.74) is 5.92. The van der Waals surface area contributed by atoms with E-state index in [4.69, 9.17) is 10.5 Å². The van der Waals surface area contributed by atoms with Crippen molar-refractivity contribution in [3.05, 3.63) is 29.8 Å². The van der Waals surface area contributed by atoms with Crippen LogP contribution in [0.2, 0.25) is 0 Å². The lowest BCUT2D eigenvalue weighted by Crippen LogP contribution is -2.56. The largest absolute Gasteiger partial charge is 0.435 e. The molecule has 0 aromatic heterocycles.